The Kier molecular flexibility index (Phi) is 4.27. The lowest BCUT2D eigenvalue weighted by Crippen LogP contribution is -2.30. The highest BCUT2D eigenvalue weighted by molar-refractivity contribution is 7.89. The Morgan fingerprint density at radius 2 is 2.18 bits per heavy atom. The van der Waals surface area contributed by atoms with Crippen LogP contribution in [0.3, 0.4) is 0 Å². The minimum atomic E-state index is -3.81. The van der Waals surface area contributed by atoms with Crippen molar-refractivity contribution in [1.82, 2.24) is 5.32 Å². The van der Waals surface area contributed by atoms with Crippen LogP contribution >= 0.6 is 0 Å². The molecule has 0 aromatic carbocycles. The molecule has 1 atom stereocenters. The van der Waals surface area contributed by atoms with Gasteiger partial charge >= 0.3 is 0 Å². The van der Waals surface area contributed by atoms with E-state index in [1.165, 1.54) is 12.1 Å². The van der Waals surface area contributed by atoms with Crippen LogP contribution in [0.15, 0.2) is 21.6 Å². The summed E-state index contributed by atoms with van der Waals surface area (Å²) < 4.78 is 26.9. The van der Waals surface area contributed by atoms with Gasteiger partial charge in [-0.3, -0.25) is 4.79 Å². The van der Waals surface area contributed by atoms with Gasteiger partial charge in [-0.25, -0.2) is 13.6 Å². The van der Waals surface area contributed by atoms with Gasteiger partial charge < -0.3 is 15.5 Å². The summed E-state index contributed by atoms with van der Waals surface area (Å²) in [5.74, 6) is 0.0139. The Morgan fingerprint density at radius 1 is 1.53 bits per heavy atom. The number of furan rings is 1. The summed E-state index contributed by atoms with van der Waals surface area (Å²) in [7, 11) is -3.81. The van der Waals surface area contributed by atoms with Crippen molar-refractivity contribution in [3.63, 3.8) is 0 Å². The number of nitrogens with two attached hydrogens (primary N) is 2. The molecule has 0 aliphatic heterocycles. The zero-order valence-corrected chi connectivity index (χ0v) is 10.2. The quantitative estimate of drug-likeness (QED) is 0.622. The molecule has 1 aromatic heterocycles. The predicted octanol–water partition coefficient (Wildman–Crippen LogP) is -0.719. The van der Waals surface area contributed by atoms with E-state index < -0.39 is 15.9 Å². The summed E-state index contributed by atoms with van der Waals surface area (Å²) in [6, 6.07) is 2.67. The van der Waals surface area contributed by atoms with Gasteiger partial charge in [0.05, 0.1) is 6.54 Å². The van der Waals surface area contributed by atoms with Gasteiger partial charge in [0.1, 0.15) is 5.76 Å². The number of hydrogen-bond acceptors (Lipinski definition) is 5. The van der Waals surface area contributed by atoms with Crippen LogP contribution in [0.1, 0.15) is 19.1 Å². The summed E-state index contributed by atoms with van der Waals surface area (Å²) in [4.78, 5) is 10.6. The highest BCUT2D eigenvalue weighted by Crippen LogP contribution is 2.12. The van der Waals surface area contributed by atoms with E-state index in [0.29, 0.717) is 12.3 Å². The minimum absolute atomic E-state index is 0.115. The third kappa shape index (κ3) is 4.55. The fourth-order valence-corrected chi connectivity index (χ4v) is 1.74. The number of sulfonamides is 1. The molecule has 0 saturated heterocycles. The summed E-state index contributed by atoms with van der Waals surface area (Å²) in [5.41, 5.74) is 5.03. The molecular weight excluding hydrogens is 246 g/mol. The van der Waals surface area contributed by atoms with Gasteiger partial charge in [0.15, 0.2) is 0 Å². The van der Waals surface area contributed by atoms with E-state index in [-0.39, 0.29) is 17.6 Å². The van der Waals surface area contributed by atoms with Crippen LogP contribution in [0.5, 0.6) is 0 Å². The number of amides is 1. The van der Waals surface area contributed by atoms with E-state index in [4.69, 9.17) is 15.3 Å². The molecule has 0 aliphatic rings. The summed E-state index contributed by atoms with van der Waals surface area (Å²) in [5, 5.41) is 7.57. The van der Waals surface area contributed by atoms with Crippen LogP contribution in [0.4, 0.5) is 0 Å². The highest BCUT2D eigenvalue weighted by atomic mass is 32.2. The van der Waals surface area contributed by atoms with Crippen molar-refractivity contribution in [2.24, 2.45) is 10.9 Å². The lowest BCUT2D eigenvalue weighted by Gasteiger charge is -2.09. The first-order valence-electron chi connectivity index (χ1n) is 4.92. The van der Waals surface area contributed by atoms with Crippen molar-refractivity contribution in [1.29, 1.82) is 0 Å². The Bertz CT molecular complexity index is 494. The van der Waals surface area contributed by atoms with Crippen molar-refractivity contribution in [2.75, 3.05) is 0 Å². The molecule has 0 bridgehead atoms. The maximum atomic E-state index is 10.9. The average Bonchev–Trinajstić information content (AvgIpc) is 2.61. The number of rotatable bonds is 6. The number of carbonyl (C=O) groups is 1. The van der Waals surface area contributed by atoms with E-state index in [1.54, 1.807) is 6.92 Å². The van der Waals surface area contributed by atoms with E-state index >= 15 is 0 Å². The lowest BCUT2D eigenvalue weighted by atomic mass is 10.2. The summed E-state index contributed by atoms with van der Waals surface area (Å²) in [6.07, 6.45) is 0.197. The molecule has 1 heterocycles. The van der Waals surface area contributed by atoms with Gasteiger partial charge in [0.2, 0.25) is 11.0 Å². The van der Waals surface area contributed by atoms with Crippen molar-refractivity contribution in [3.05, 3.63) is 17.9 Å². The first-order chi connectivity index (χ1) is 7.79. The molecule has 0 aliphatic carbocycles. The Morgan fingerprint density at radius 3 is 2.65 bits per heavy atom. The first-order valence-corrected chi connectivity index (χ1v) is 6.47. The fraction of sp³-hybridized carbons (Fsp3) is 0.444. The second-order valence-corrected chi connectivity index (χ2v) is 5.21. The molecule has 17 heavy (non-hydrogen) atoms. The zero-order chi connectivity index (χ0) is 13.1. The normalized spacial score (nSPS) is 13.5. The van der Waals surface area contributed by atoms with Crippen LogP contribution in [-0.4, -0.2) is 20.4 Å². The third-order valence-corrected chi connectivity index (χ3v) is 2.83. The molecule has 1 amide bonds. The number of nitrogens with one attached hydrogen (secondary N) is 1. The van der Waals surface area contributed by atoms with Crippen molar-refractivity contribution >= 4 is 15.9 Å². The molecular formula is C9H15N3O4S. The molecule has 1 unspecified atom stereocenters. The molecule has 7 nitrogen and oxygen atoms in total. The van der Waals surface area contributed by atoms with Gasteiger partial charge in [-0.15, -0.1) is 0 Å². The molecule has 8 heteroatoms. The van der Waals surface area contributed by atoms with E-state index in [0.717, 1.165) is 0 Å². The van der Waals surface area contributed by atoms with Gasteiger partial charge in [0.25, 0.3) is 10.0 Å². The highest BCUT2D eigenvalue weighted by Gasteiger charge is 2.13. The second-order valence-electron chi connectivity index (χ2n) is 3.72. The van der Waals surface area contributed by atoms with Crippen molar-refractivity contribution < 1.29 is 17.6 Å². The van der Waals surface area contributed by atoms with Gasteiger partial charge in [-0.1, -0.05) is 0 Å². The number of primary sulfonamides is 1. The van der Waals surface area contributed by atoms with Crippen molar-refractivity contribution in [2.45, 2.75) is 31.0 Å². The van der Waals surface area contributed by atoms with Gasteiger partial charge in [0, 0.05) is 12.5 Å². The monoisotopic (exact) mass is 261 g/mol. The van der Waals surface area contributed by atoms with Gasteiger partial charge in [-0.2, -0.15) is 0 Å². The van der Waals surface area contributed by atoms with Crippen LogP contribution < -0.4 is 16.2 Å². The first kappa shape index (κ1) is 13.7. The molecule has 1 rings (SSSR count). The van der Waals surface area contributed by atoms with E-state index in [1.807, 2.05) is 0 Å². The molecule has 96 valence electrons. The minimum Gasteiger partial charge on any atom is -0.447 e. The van der Waals surface area contributed by atoms with Crippen LogP contribution in [0.2, 0.25) is 0 Å². The lowest BCUT2D eigenvalue weighted by molar-refractivity contribution is -0.118. The van der Waals surface area contributed by atoms with Crippen molar-refractivity contribution in [3.8, 4) is 0 Å². The molecule has 0 spiro atoms. The number of carbonyl (C=O) groups excluding carboxylic acids is 1. The smallest absolute Gasteiger partial charge is 0.271 e. The topological polar surface area (TPSA) is 128 Å². The van der Waals surface area contributed by atoms with E-state index in [9.17, 15) is 13.2 Å². The standard InChI is InChI=1S/C9H15N3O4S/c1-6(4-8(10)13)12-5-7-2-3-9(16-7)17(11,14)15/h2-3,6,12H,4-5H2,1H3,(H2,10,13)(H2,11,14,15). The molecule has 0 fully saturated rings. The van der Waals surface area contributed by atoms with Gasteiger partial charge in [-0.05, 0) is 19.1 Å². The largest absolute Gasteiger partial charge is 0.447 e. The van der Waals surface area contributed by atoms with Crippen LogP contribution in [0, 0.1) is 0 Å². The molecule has 0 saturated carbocycles. The van der Waals surface area contributed by atoms with Crippen LogP contribution in [-0.2, 0) is 21.4 Å². The number of hydrogen-bond donors (Lipinski definition) is 3. The van der Waals surface area contributed by atoms with E-state index in [2.05, 4.69) is 5.32 Å². The zero-order valence-electron chi connectivity index (χ0n) is 9.34. The molecule has 0 radical (unpaired) electrons. The Labute approximate surface area is 99.2 Å². The average molecular weight is 261 g/mol. The maximum Gasteiger partial charge on any atom is 0.271 e. The number of primary amides is 1. The Balaban J connectivity index is 2.53. The van der Waals surface area contributed by atoms with Crippen LogP contribution in [0.25, 0.3) is 0 Å². The fourth-order valence-electron chi connectivity index (χ4n) is 1.25. The summed E-state index contributed by atoms with van der Waals surface area (Å²) in [6.45, 7) is 2.08. The second kappa shape index (κ2) is 5.30. The third-order valence-electron chi connectivity index (χ3n) is 2.05. The molecule has 1 aromatic rings. The molecule has 5 N–H and O–H groups in total. The summed E-state index contributed by atoms with van der Waals surface area (Å²) >= 11 is 0. The maximum absolute atomic E-state index is 10.9. The predicted molar refractivity (Wildman–Crippen MR) is 60.2 cm³/mol. The Hall–Kier alpha value is -1.38. The SMILES string of the molecule is CC(CC(N)=O)NCc1ccc(S(N)(=O)=O)o1.